The lowest BCUT2D eigenvalue weighted by molar-refractivity contribution is -0.174. The summed E-state index contributed by atoms with van der Waals surface area (Å²) in [6.45, 7) is 5.30. The molecule has 1 aromatic rings. The van der Waals surface area contributed by atoms with Gasteiger partial charge >= 0.3 is 5.97 Å². The van der Waals surface area contributed by atoms with Crippen molar-refractivity contribution >= 4 is 28.3 Å². The highest BCUT2D eigenvalue weighted by Crippen LogP contribution is 2.63. The number of nitrogens with zero attached hydrogens (tertiary/aromatic N) is 3. The monoisotopic (exact) mass is 324 g/mol. The fourth-order valence-corrected chi connectivity index (χ4v) is 4.74. The van der Waals surface area contributed by atoms with Gasteiger partial charge in [-0.05, 0) is 17.8 Å². The average Bonchev–Trinajstić information content (AvgIpc) is 3.00. The lowest BCUT2D eigenvalue weighted by atomic mass is 9.48. The van der Waals surface area contributed by atoms with Gasteiger partial charge in [0.15, 0.2) is 0 Å². The number of likely N-dealkylation sites (tertiary alicyclic amines) is 1. The van der Waals surface area contributed by atoms with Crippen LogP contribution in [-0.2, 0) is 20.7 Å². The largest absolute Gasteiger partial charge is 0.469 e. The van der Waals surface area contributed by atoms with Gasteiger partial charge in [-0.3, -0.25) is 9.59 Å². The molecule has 0 aromatic carbocycles. The molecule has 0 spiro atoms. The van der Waals surface area contributed by atoms with E-state index in [1.165, 1.54) is 18.4 Å². The van der Waals surface area contributed by atoms with Crippen molar-refractivity contribution in [1.29, 1.82) is 0 Å². The molecule has 0 radical (unpaired) electrons. The van der Waals surface area contributed by atoms with E-state index in [4.69, 9.17) is 10.5 Å². The highest BCUT2D eigenvalue weighted by molar-refractivity contribution is 7.15. The van der Waals surface area contributed by atoms with Crippen LogP contribution in [0, 0.1) is 16.7 Å². The van der Waals surface area contributed by atoms with Gasteiger partial charge in [0.05, 0.1) is 18.9 Å². The van der Waals surface area contributed by atoms with Crippen molar-refractivity contribution in [3.05, 3.63) is 5.01 Å². The molecule has 1 saturated carbocycles. The molecule has 2 aliphatic rings. The molecule has 1 amide bonds. The molecule has 0 bridgehead atoms. The second kappa shape index (κ2) is 4.91. The summed E-state index contributed by atoms with van der Waals surface area (Å²) in [6, 6.07) is 0. The molecule has 7 nitrogen and oxygen atoms in total. The van der Waals surface area contributed by atoms with E-state index in [0.29, 0.717) is 23.2 Å². The van der Waals surface area contributed by atoms with Gasteiger partial charge in [0, 0.05) is 13.1 Å². The van der Waals surface area contributed by atoms with Crippen LogP contribution in [0.15, 0.2) is 0 Å². The minimum absolute atomic E-state index is 0.0374. The predicted octanol–water partition coefficient (Wildman–Crippen LogP) is 0.710. The van der Waals surface area contributed by atoms with E-state index in [-0.39, 0.29) is 29.6 Å². The van der Waals surface area contributed by atoms with Crippen LogP contribution in [0.1, 0.15) is 25.3 Å². The molecule has 1 aliphatic heterocycles. The van der Waals surface area contributed by atoms with Gasteiger partial charge in [0.2, 0.25) is 11.0 Å². The Hall–Kier alpha value is -1.70. The van der Waals surface area contributed by atoms with Crippen molar-refractivity contribution in [2.45, 2.75) is 26.7 Å². The lowest BCUT2D eigenvalue weighted by Gasteiger charge is -2.54. The summed E-state index contributed by atoms with van der Waals surface area (Å²) >= 11 is 1.22. The minimum atomic E-state index is -0.534. The SMILES string of the molecule is COC(=O)[C@@]12CN(C(=O)Cc3nnc(N)s3)C[C@@H]1C(C)(C)C2. The number of anilines is 1. The van der Waals surface area contributed by atoms with E-state index < -0.39 is 5.41 Å². The summed E-state index contributed by atoms with van der Waals surface area (Å²) < 4.78 is 4.99. The quantitative estimate of drug-likeness (QED) is 0.822. The standard InChI is InChI=1S/C14H20N4O3S/c1-13(2)6-14(11(20)21-3)7-18(5-8(13)14)10(19)4-9-16-17-12(15)22-9/h8H,4-7H2,1-3H3,(H2,15,17)/t8-,14+/m1/s1. The van der Waals surface area contributed by atoms with Crippen LogP contribution in [0.2, 0.25) is 0 Å². The first-order valence-corrected chi connectivity index (χ1v) is 8.04. The number of esters is 1. The number of carbonyl (C=O) groups excluding carboxylic acids is 2. The van der Waals surface area contributed by atoms with Gasteiger partial charge in [-0.2, -0.15) is 0 Å². The molecule has 2 fully saturated rings. The Balaban J connectivity index is 1.74. The molecule has 2 heterocycles. The normalized spacial score (nSPS) is 28.9. The summed E-state index contributed by atoms with van der Waals surface area (Å²) in [5, 5.41) is 8.56. The minimum Gasteiger partial charge on any atom is -0.469 e. The number of fused-ring (bicyclic) bond motifs is 1. The molecule has 2 N–H and O–H groups in total. The summed E-state index contributed by atoms with van der Waals surface area (Å²) in [7, 11) is 1.41. The van der Waals surface area contributed by atoms with Gasteiger partial charge in [-0.1, -0.05) is 25.2 Å². The number of aromatic nitrogens is 2. The molecule has 8 heteroatoms. The Morgan fingerprint density at radius 2 is 2.18 bits per heavy atom. The van der Waals surface area contributed by atoms with Crippen LogP contribution in [-0.4, -0.2) is 47.2 Å². The lowest BCUT2D eigenvalue weighted by Crippen LogP contribution is -2.57. The van der Waals surface area contributed by atoms with Crippen LogP contribution >= 0.6 is 11.3 Å². The van der Waals surface area contributed by atoms with Gasteiger partial charge in [0.25, 0.3) is 0 Å². The van der Waals surface area contributed by atoms with E-state index in [1.54, 1.807) is 4.90 Å². The molecular weight excluding hydrogens is 304 g/mol. The van der Waals surface area contributed by atoms with Crippen molar-refractivity contribution in [1.82, 2.24) is 15.1 Å². The number of rotatable bonds is 3. The molecule has 1 aromatic heterocycles. The van der Waals surface area contributed by atoms with Gasteiger partial charge in [-0.15, -0.1) is 10.2 Å². The average molecular weight is 324 g/mol. The van der Waals surface area contributed by atoms with Crippen LogP contribution in [0.3, 0.4) is 0 Å². The number of methoxy groups -OCH3 is 1. The predicted molar refractivity (Wildman–Crippen MR) is 80.9 cm³/mol. The first kappa shape index (κ1) is 15.2. The van der Waals surface area contributed by atoms with Crippen molar-refractivity contribution in [2.24, 2.45) is 16.7 Å². The Kier molecular flexibility index (Phi) is 3.39. The fraction of sp³-hybridized carbons (Fsp3) is 0.714. The van der Waals surface area contributed by atoms with Gasteiger partial charge in [0.1, 0.15) is 5.01 Å². The third-order valence-electron chi connectivity index (χ3n) is 4.99. The smallest absolute Gasteiger partial charge is 0.314 e. The van der Waals surface area contributed by atoms with E-state index >= 15 is 0 Å². The Bertz CT molecular complexity index is 629. The first-order valence-electron chi connectivity index (χ1n) is 7.22. The van der Waals surface area contributed by atoms with Crippen molar-refractivity contribution in [3.63, 3.8) is 0 Å². The van der Waals surface area contributed by atoms with Crippen LogP contribution in [0.4, 0.5) is 5.13 Å². The zero-order valence-corrected chi connectivity index (χ0v) is 13.8. The number of ether oxygens (including phenoxy) is 1. The Morgan fingerprint density at radius 1 is 1.45 bits per heavy atom. The number of nitrogens with two attached hydrogens (primary N) is 1. The summed E-state index contributed by atoms with van der Waals surface area (Å²) in [6.07, 6.45) is 0.937. The van der Waals surface area contributed by atoms with E-state index in [0.717, 1.165) is 6.42 Å². The highest BCUT2D eigenvalue weighted by atomic mass is 32.1. The topological polar surface area (TPSA) is 98.4 Å². The highest BCUT2D eigenvalue weighted by Gasteiger charge is 2.67. The number of nitrogen functional groups attached to an aromatic ring is 1. The summed E-state index contributed by atoms with van der Waals surface area (Å²) in [4.78, 5) is 26.5. The Morgan fingerprint density at radius 3 is 2.73 bits per heavy atom. The molecule has 1 saturated heterocycles. The second-order valence-electron chi connectivity index (χ2n) is 6.85. The van der Waals surface area contributed by atoms with Crippen LogP contribution < -0.4 is 5.73 Å². The zero-order chi connectivity index (χ0) is 16.1. The summed E-state index contributed by atoms with van der Waals surface area (Å²) in [5.74, 6) is -0.0900. The number of amides is 1. The van der Waals surface area contributed by atoms with E-state index in [2.05, 4.69) is 24.0 Å². The third-order valence-corrected chi connectivity index (χ3v) is 5.74. The third kappa shape index (κ3) is 2.16. The molecule has 22 heavy (non-hydrogen) atoms. The van der Waals surface area contributed by atoms with Crippen LogP contribution in [0.5, 0.6) is 0 Å². The van der Waals surface area contributed by atoms with Gasteiger partial charge in [-0.25, -0.2) is 0 Å². The maximum atomic E-state index is 12.5. The Labute approximate surface area is 132 Å². The summed E-state index contributed by atoms with van der Waals surface area (Å²) in [5.41, 5.74) is 5.05. The molecule has 2 atom stereocenters. The maximum absolute atomic E-state index is 12.5. The molecule has 120 valence electrons. The van der Waals surface area contributed by atoms with Crippen molar-refractivity contribution in [2.75, 3.05) is 25.9 Å². The maximum Gasteiger partial charge on any atom is 0.314 e. The van der Waals surface area contributed by atoms with E-state index in [1.807, 2.05) is 0 Å². The van der Waals surface area contributed by atoms with E-state index in [9.17, 15) is 9.59 Å². The number of hydrogen-bond acceptors (Lipinski definition) is 7. The molecule has 0 unspecified atom stereocenters. The van der Waals surface area contributed by atoms with Crippen molar-refractivity contribution in [3.8, 4) is 0 Å². The van der Waals surface area contributed by atoms with Crippen molar-refractivity contribution < 1.29 is 14.3 Å². The fourth-order valence-electron chi connectivity index (χ4n) is 4.14. The number of hydrogen-bond donors (Lipinski definition) is 1. The second-order valence-corrected chi connectivity index (χ2v) is 7.94. The number of carbonyl (C=O) groups is 2. The van der Waals surface area contributed by atoms with Gasteiger partial charge < -0.3 is 15.4 Å². The molecular formula is C14H20N4O3S. The molecule has 1 aliphatic carbocycles. The zero-order valence-electron chi connectivity index (χ0n) is 13.0. The molecule has 3 rings (SSSR count). The first-order chi connectivity index (χ1) is 10.3. The van der Waals surface area contributed by atoms with Crippen LogP contribution in [0.25, 0.3) is 0 Å².